The molecule has 26 heavy (non-hydrogen) atoms. The van der Waals surface area contributed by atoms with Crippen molar-refractivity contribution in [3.05, 3.63) is 30.3 Å². The van der Waals surface area contributed by atoms with Gasteiger partial charge in [-0.2, -0.15) is 0 Å². The van der Waals surface area contributed by atoms with Crippen LogP contribution < -0.4 is 10.6 Å². The zero-order valence-electron chi connectivity index (χ0n) is 15.0. The Hall–Kier alpha value is -1.71. The van der Waals surface area contributed by atoms with Gasteiger partial charge in [-0.15, -0.1) is 0 Å². The lowest BCUT2D eigenvalue weighted by Gasteiger charge is -2.39. The van der Waals surface area contributed by atoms with Crippen molar-refractivity contribution in [2.45, 2.75) is 24.4 Å². The highest BCUT2D eigenvalue weighted by Crippen LogP contribution is 2.26. The van der Waals surface area contributed by atoms with Gasteiger partial charge in [0.1, 0.15) is 12.2 Å². The van der Waals surface area contributed by atoms with Gasteiger partial charge >= 0.3 is 6.03 Å². The number of hydrogen-bond donors (Lipinski definition) is 4. The molecule has 3 rings (SSSR count). The SMILES string of the molecule is CN1CCN(C2C(CNC(=O)Nc3ccccc3)OC(CO)C2O)CC1. The number of carbonyl (C=O) groups excluding carboxylic acids is 1. The van der Waals surface area contributed by atoms with Gasteiger partial charge in [-0.1, -0.05) is 18.2 Å². The highest BCUT2D eigenvalue weighted by atomic mass is 16.5. The number of aliphatic hydroxyl groups excluding tert-OH is 2. The summed E-state index contributed by atoms with van der Waals surface area (Å²) in [4.78, 5) is 16.6. The van der Waals surface area contributed by atoms with Crippen molar-refractivity contribution in [3.8, 4) is 0 Å². The van der Waals surface area contributed by atoms with Crippen molar-refractivity contribution >= 4 is 11.7 Å². The Morgan fingerprint density at radius 2 is 1.88 bits per heavy atom. The molecule has 0 spiro atoms. The fraction of sp³-hybridized carbons (Fsp3) is 0.611. The number of nitrogens with one attached hydrogen (secondary N) is 2. The van der Waals surface area contributed by atoms with Crippen LogP contribution in [0.5, 0.6) is 0 Å². The largest absolute Gasteiger partial charge is 0.394 e. The summed E-state index contributed by atoms with van der Waals surface area (Å²) in [5.74, 6) is 0. The monoisotopic (exact) mass is 364 g/mol. The topological polar surface area (TPSA) is 97.3 Å². The summed E-state index contributed by atoms with van der Waals surface area (Å²) in [5.41, 5.74) is 0.709. The first-order chi connectivity index (χ1) is 12.6. The van der Waals surface area contributed by atoms with Crippen molar-refractivity contribution in [1.82, 2.24) is 15.1 Å². The van der Waals surface area contributed by atoms with Crippen molar-refractivity contribution in [2.24, 2.45) is 0 Å². The first-order valence-corrected chi connectivity index (χ1v) is 9.05. The third-order valence-electron chi connectivity index (χ3n) is 5.10. The van der Waals surface area contributed by atoms with Gasteiger partial charge in [0.15, 0.2) is 0 Å². The molecule has 0 aliphatic carbocycles. The van der Waals surface area contributed by atoms with Gasteiger partial charge in [0, 0.05) is 38.4 Å². The quantitative estimate of drug-likeness (QED) is 0.565. The number of para-hydroxylation sites is 1. The third kappa shape index (κ3) is 4.52. The molecule has 2 fully saturated rings. The van der Waals surface area contributed by atoms with Gasteiger partial charge in [0.05, 0.1) is 18.8 Å². The standard InChI is InChI=1S/C18H28N4O4/c1-21-7-9-22(10-8-21)16-14(26-15(12-23)17(16)24)11-19-18(25)20-13-5-3-2-4-6-13/h2-6,14-17,23-24H,7-12H2,1H3,(H2,19,20,25). The summed E-state index contributed by atoms with van der Waals surface area (Å²) in [6.45, 7) is 3.52. The number of benzene rings is 1. The zero-order chi connectivity index (χ0) is 18.5. The first-order valence-electron chi connectivity index (χ1n) is 9.05. The van der Waals surface area contributed by atoms with Crippen LogP contribution in [-0.4, -0.2) is 96.8 Å². The second-order valence-corrected chi connectivity index (χ2v) is 6.92. The van der Waals surface area contributed by atoms with Gasteiger partial charge in [-0.25, -0.2) is 4.79 Å². The fourth-order valence-electron chi connectivity index (χ4n) is 3.61. The molecule has 2 heterocycles. The Kier molecular flexibility index (Phi) is 6.44. The van der Waals surface area contributed by atoms with Crippen LogP contribution in [-0.2, 0) is 4.74 Å². The van der Waals surface area contributed by atoms with E-state index in [4.69, 9.17) is 4.74 Å². The maximum atomic E-state index is 12.1. The van der Waals surface area contributed by atoms with Crippen molar-refractivity contribution < 1.29 is 19.7 Å². The lowest BCUT2D eigenvalue weighted by atomic mass is 10.0. The van der Waals surface area contributed by atoms with Crippen LogP contribution in [0.25, 0.3) is 0 Å². The predicted octanol–water partition coefficient (Wildman–Crippen LogP) is -0.455. The Bertz CT molecular complexity index is 580. The molecule has 0 aromatic heterocycles. The van der Waals surface area contributed by atoms with E-state index in [1.165, 1.54) is 0 Å². The normalized spacial score (nSPS) is 30.3. The van der Waals surface area contributed by atoms with Gasteiger partial charge < -0.3 is 30.5 Å². The first kappa shape index (κ1) is 19.1. The molecular formula is C18H28N4O4. The fourth-order valence-corrected chi connectivity index (χ4v) is 3.61. The summed E-state index contributed by atoms with van der Waals surface area (Å²) < 4.78 is 5.82. The Morgan fingerprint density at radius 3 is 2.54 bits per heavy atom. The second kappa shape index (κ2) is 8.79. The second-order valence-electron chi connectivity index (χ2n) is 6.92. The number of aliphatic hydroxyl groups is 2. The molecule has 2 aliphatic rings. The van der Waals surface area contributed by atoms with Crippen LogP contribution >= 0.6 is 0 Å². The summed E-state index contributed by atoms with van der Waals surface area (Å²) in [5, 5.41) is 25.6. The summed E-state index contributed by atoms with van der Waals surface area (Å²) in [6, 6.07) is 8.64. The molecule has 0 bridgehead atoms. The van der Waals surface area contributed by atoms with E-state index in [1.807, 2.05) is 30.3 Å². The Labute approximate surface area is 153 Å². The van der Waals surface area contributed by atoms with E-state index in [-0.39, 0.29) is 31.3 Å². The van der Waals surface area contributed by atoms with Crippen LogP contribution in [0.2, 0.25) is 0 Å². The highest BCUT2D eigenvalue weighted by Gasteiger charge is 2.46. The molecule has 1 aromatic rings. The number of piperazine rings is 1. The smallest absolute Gasteiger partial charge is 0.319 e. The molecular weight excluding hydrogens is 336 g/mol. The molecule has 2 amide bonds. The average Bonchev–Trinajstić information content (AvgIpc) is 2.97. The minimum Gasteiger partial charge on any atom is -0.394 e. The molecule has 1 aromatic carbocycles. The van der Waals surface area contributed by atoms with Gasteiger partial charge in [-0.05, 0) is 19.2 Å². The van der Waals surface area contributed by atoms with Crippen molar-refractivity contribution in [2.75, 3.05) is 51.7 Å². The van der Waals surface area contributed by atoms with Crippen LogP contribution in [0, 0.1) is 0 Å². The van der Waals surface area contributed by atoms with Crippen LogP contribution in [0.15, 0.2) is 30.3 Å². The lowest BCUT2D eigenvalue weighted by Crippen LogP contribution is -2.57. The highest BCUT2D eigenvalue weighted by molar-refractivity contribution is 5.89. The predicted molar refractivity (Wildman–Crippen MR) is 98.1 cm³/mol. The molecule has 8 nitrogen and oxygen atoms in total. The van der Waals surface area contributed by atoms with E-state index in [0.717, 1.165) is 26.2 Å². The van der Waals surface area contributed by atoms with Gasteiger partial charge in [0.2, 0.25) is 0 Å². The minimum absolute atomic E-state index is 0.238. The number of rotatable bonds is 5. The van der Waals surface area contributed by atoms with Gasteiger partial charge in [0.25, 0.3) is 0 Å². The van der Waals surface area contributed by atoms with E-state index in [2.05, 4.69) is 27.5 Å². The van der Waals surface area contributed by atoms with E-state index < -0.39 is 12.2 Å². The molecule has 2 saturated heterocycles. The number of carbonyl (C=O) groups is 1. The minimum atomic E-state index is -0.771. The molecule has 2 aliphatic heterocycles. The molecule has 0 saturated carbocycles. The van der Waals surface area contributed by atoms with E-state index >= 15 is 0 Å². The van der Waals surface area contributed by atoms with E-state index in [9.17, 15) is 15.0 Å². The molecule has 4 atom stereocenters. The summed E-state index contributed by atoms with van der Waals surface area (Å²) in [6.07, 6.45) is -1.76. The number of hydrogen-bond acceptors (Lipinski definition) is 6. The van der Waals surface area contributed by atoms with Crippen LogP contribution in [0.4, 0.5) is 10.5 Å². The third-order valence-corrected chi connectivity index (χ3v) is 5.10. The average molecular weight is 364 g/mol. The maximum absolute atomic E-state index is 12.1. The van der Waals surface area contributed by atoms with E-state index in [1.54, 1.807) is 0 Å². The number of likely N-dealkylation sites (N-methyl/N-ethyl adjacent to an activating group) is 1. The zero-order valence-corrected chi connectivity index (χ0v) is 15.0. The number of anilines is 1. The summed E-state index contributed by atoms with van der Waals surface area (Å²) >= 11 is 0. The van der Waals surface area contributed by atoms with Crippen LogP contribution in [0.1, 0.15) is 0 Å². The number of ether oxygens (including phenoxy) is 1. The van der Waals surface area contributed by atoms with Crippen LogP contribution in [0.3, 0.4) is 0 Å². The Balaban J connectivity index is 1.58. The van der Waals surface area contributed by atoms with E-state index in [0.29, 0.717) is 5.69 Å². The molecule has 4 unspecified atom stereocenters. The lowest BCUT2D eigenvalue weighted by molar-refractivity contribution is -0.0205. The van der Waals surface area contributed by atoms with Gasteiger partial charge in [-0.3, -0.25) is 4.90 Å². The molecule has 144 valence electrons. The Morgan fingerprint density at radius 1 is 1.19 bits per heavy atom. The number of urea groups is 1. The molecule has 8 heteroatoms. The van der Waals surface area contributed by atoms with Crippen molar-refractivity contribution in [1.29, 1.82) is 0 Å². The summed E-state index contributed by atoms with van der Waals surface area (Å²) in [7, 11) is 2.07. The molecule has 0 radical (unpaired) electrons. The number of nitrogens with zero attached hydrogens (tertiary/aromatic N) is 2. The van der Waals surface area contributed by atoms with Crippen molar-refractivity contribution in [3.63, 3.8) is 0 Å². The number of amides is 2. The molecule has 4 N–H and O–H groups in total. The maximum Gasteiger partial charge on any atom is 0.319 e.